The van der Waals surface area contributed by atoms with Gasteiger partial charge in [-0.05, 0) is 32.0 Å². The number of piperazine rings is 1. The number of rotatable bonds is 5. The number of carbonyl (C=O) groups is 3. The van der Waals surface area contributed by atoms with Gasteiger partial charge in [0.15, 0.2) is 0 Å². The van der Waals surface area contributed by atoms with Crippen molar-refractivity contribution < 1.29 is 24.0 Å². The van der Waals surface area contributed by atoms with E-state index in [4.69, 9.17) is 4.74 Å². The molecule has 3 amide bonds. The van der Waals surface area contributed by atoms with Crippen molar-refractivity contribution in [2.75, 3.05) is 38.1 Å². The summed E-state index contributed by atoms with van der Waals surface area (Å²) in [7, 11) is 0. The number of benzene rings is 2. The summed E-state index contributed by atoms with van der Waals surface area (Å²) >= 11 is 0. The van der Waals surface area contributed by atoms with Gasteiger partial charge >= 0.3 is 6.09 Å². The smallest absolute Gasteiger partial charge is 0.409 e. The van der Waals surface area contributed by atoms with Crippen LogP contribution in [0.5, 0.6) is 0 Å². The monoisotopic (exact) mass is 440 g/mol. The number of nitro groups is 1. The van der Waals surface area contributed by atoms with Crippen molar-refractivity contribution in [2.45, 2.75) is 13.8 Å². The van der Waals surface area contributed by atoms with Crippen LogP contribution in [0.25, 0.3) is 0 Å². The second-order valence-electron chi connectivity index (χ2n) is 7.18. The molecule has 1 saturated heterocycles. The summed E-state index contributed by atoms with van der Waals surface area (Å²) in [5.74, 6) is -0.821. The van der Waals surface area contributed by atoms with Crippen molar-refractivity contribution in [1.29, 1.82) is 0 Å². The number of nitro benzene ring substituents is 1. The molecule has 1 aliphatic rings. The average molecular weight is 440 g/mol. The maximum absolute atomic E-state index is 13.1. The highest BCUT2D eigenvalue weighted by Gasteiger charge is 2.27. The van der Waals surface area contributed by atoms with E-state index in [0.29, 0.717) is 37.4 Å². The number of nitrogens with zero attached hydrogens (tertiary/aromatic N) is 3. The van der Waals surface area contributed by atoms with Gasteiger partial charge in [0, 0.05) is 43.4 Å². The Labute approximate surface area is 184 Å². The topological polar surface area (TPSA) is 122 Å². The number of amides is 3. The molecule has 0 saturated carbocycles. The van der Waals surface area contributed by atoms with Gasteiger partial charge in [0.1, 0.15) is 0 Å². The molecule has 0 radical (unpaired) electrons. The van der Waals surface area contributed by atoms with E-state index < -0.39 is 16.9 Å². The van der Waals surface area contributed by atoms with Crippen LogP contribution in [0.2, 0.25) is 0 Å². The molecule has 10 heteroatoms. The Morgan fingerprint density at radius 2 is 1.62 bits per heavy atom. The maximum atomic E-state index is 13.1. The first kappa shape index (κ1) is 22.7. The van der Waals surface area contributed by atoms with Crippen molar-refractivity contribution >= 4 is 29.3 Å². The van der Waals surface area contributed by atoms with Gasteiger partial charge in [0.2, 0.25) is 0 Å². The van der Waals surface area contributed by atoms with Crippen molar-refractivity contribution in [3.8, 4) is 0 Å². The summed E-state index contributed by atoms with van der Waals surface area (Å²) in [6, 6.07) is 10.9. The van der Waals surface area contributed by atoms with Gasteiger partial charge in [-0.2, -0.15) is 0 Å². The van der Waals surface area contributed by atoms with Gasteiger partial charge in [-0.3, -0.25) is 19.7 Å². The predicted octanol–water partition coefficient (Wildman–Crippen LogP) is 3.07. The number of carbonyl (C=O) groups excluding carboxylic acids is 3. The maximum Gasteiger partial charge on any atom is 0.409 e. The fourth-order valence-electron chi connectivity index (χ4n) is 3.51. The molecule has 168 valence electrons. The zero-order chi connectivity index (χ0) is 23.3. The summed E-state index contributed by atoms with van der Waals surface area (Å²) in [5.41, 5.74) is 0.856. The lowest BCUT2D eigenvalue weighted by Gasteiger charge is -2.34. The normalized spacial score (nSPS) is 13.4. The van der Waals surface area contributed by atoms with Crippen molar-refractivity contribution in [3.63, 3.8) is 0 Å². The second-order valence-corrected chi connectivity index (χ2v) is 7.18. The number of hydrogen-bond donors (Lipinski definition) is 1. The molecule has 1 N–H and O–H groups in total. The zero-order valence-corrected chi connectivity index (χ0v) is 17.9. The standard InChI is InChI=1S/C22H24N4O6/c1-3-32-22(29)25-13-11-24(12-14-25)21(28)17-7-4-5-9-18(17)23-20(27)16-8-6-10-19(15(16)2)26(30)31/h4-10H,3,11-14H2,1-2H3,(H,23,27). The van der Waals surface area contributed by atoms with Gasteiger partial charge < -0.3 is 19.9 Å². The highest BCUT2D eigenvalue weighted by atomic mass is 16.6. The Morgan fingerprint density at radius 3 is 2.28 bits per heavy atom. The molecule has 1 heterocycles. The Kier molecular flexibility index (Phi) is 7.04. The molecule has 2 aromatic carbocycles. The molecule has 0 unspecified atom stereocenters. The third-order valence-corrected chi connectivity index (χ3v) is 5.25. The molecule has 0 aromatic heterocycles. The van der Waals surface area contributed by atoms with E-state index in [1.54, 1.807) is 41.0 Å². The Balaban J connectivity index is 1.75. The van der Waals surface area contributed by atoms with Gasteiger partial charge in [-0.15, -0.1) is 0 Å². The summed E-state index contributed by atoms with van der Waals surface area (Å²) < 4.78 is 4.99. The van der Waals surface area contributed by atoms with Gasteiger partial charge in [-0.25, -0.2) is 4.79 Å². The van der Waals surface area contributed by atoms with E-state index in [9.17, 15) is 24.5 Å². The number of hydrogen-bond acceptors (Lipinski definition) is 6. The summed E-state index contributed by atoms with van der Waals surface area (Å²) in [6.07, 6.45) is -0.403. The van der Waals surface area contributed by atoms with Crippen LogP contribution in [0, 0.1) is 17.0 Å². The fourth-order valence-corrected chi connectivity index (χ4v) is 3.51. The van der Waals surface area contributed by atoms with E-state index in [1.165, 1.54) is 25.1 Å². The minimum atomic E-state index is -0.543. The Morgan fingerprint density at radius 1 is 1.00 bits per heavy atom. The number of ether oxygens (including phenoxy) is 1. The quantitative estimate of drug-likeness (QED) is 0.563. The fraction of sp³-hybridized carbons (Fsp3) is 0.318. The van der Waals surface area contributed by atoms with Crippen LogP contribution >= 0.6 is 0 Å². The molecule has 1 fully saturated rings. The third-order valence-electron chi connectivity index (χ3n) is 5.25. The molecule has 3 rings (SSSR count). The lowest BCUT2D eigenvalue weighted by Crippen LogP contribution is -2.50. The highest BCUT2D eigenvalue weighted by Crippen LogP contribution is 2.24. The van der Waals surface area contributed by atoms with Crippen LogP contribution in [0.1, 0.15) is 33.2 Å². The second kappa shape index (κ2) is 9.90. The molecule has 32 heavy (non-hydrogen) atoms. The predicted molar refractivity (Wildman–Crippen MR) is 117 cm³/mol. The first-order valence-electron chi connectivity index (χ1n) is 10.2. The van der Waals surface area contributed by atoms with Crippen LogP contribution in [-0.4, -0.2) is 65.4 Å². The minimum Gasteiger partial charge on any atom is -0.450 e. The summed E-state index contributed by atoms with van der Waals surface area (Å²) in [5, 5.41) is 13.9. The number of nitrogens with one attached hydrogen (secondary N) is 1. The first-order chi connectivity index (χ1) is 15.3. The number of para-hydroxylation sites is 1. The zero-order valence-electron chi connectivity index (χ0n) is 17.9. The van der Waals surface area contributed by atoms with Crippen LogP contribution in [-0.2, 0) is 4.74 Å². The van der Waals surface area contributed by atoms with Crippen LogP contribution in [0.4, 0.5) is 16.2 Å². The molecule has 0 atom stereocenters. The average Bonchev–Trinajstić information content (AvgIpc) is 2.79. The Bertz CT molecular complexity index is 1050. The van der Waals surface area contributed by atoms with E-state index in [2.05, 4.69) is 5.32 Å². The van der Waals surface area contributed by atoms with Crippen molar-refractivity contribution in [2.24, 2.45) is 0 Å². The highest BCUT2D eigenvalue weighted by molar-refractivity contribution is 6.10. The van der Waals surface area contributed by atoms with E-state index in [0.717, 1.165) is 0 Å². The number of anilines is 1. The largest absolute Gasteiger partial charge is 0.450 e. The summed E-state index contributed by atoms with van der Waals surface area (Å²) in [6.45, 7) is 4.91. The first-order valence-corrected chi connectivity index (χ1v) is 10.2. The molecular weight excluding hydrogens is 416 g/mol. The van der Waals surface area contributed by atoms with Crippen LogP contribution in [0.3, 0.4) is 0 Å². The van der Waals surface area contributed by atoms with Crippen LogP contribution < -0.4 is 5.32 Å². The molecule has 10 nitrogen and oxygen atoms in total. The van der Waals surface area contributed by atoms with Crippen molar-refractivity contribution in [1.82, 2.24) is 9.80 Å². The van der Waals surface area contributed by atoms with Gasteiger partial charge in [0.05, 0.1) is 22.8 Å². The van der Waals surface area contributed by atoms with Crippen LogP contribution in [0.15, 0.2) is 42.5 Å². The molecular formula is C22H24N4O6. The lowest BCUT2D eigenvalue weighted by molar-refractivity contribution is -0.385. The van der Waals surface area contributed by atoms with Gasteiger partial charge in [0.25, 0.3) is 17.5 Å². The third kappa shape index (κ3) is 4.85. The SMILES string of the molecule is CCOC(=O)N1CCN(C(=O)c2ccccc2NC(=O)c2cccc([N+](=O)[O-])c2C)CC1. The van der Waals surface area contributed by atoms with E-state index in [1.807, 2.05) is 0 Å². The van der Waals surface area contributed by atoms with E-state index >= 15 is 0 Å². The molecule has 0 bridgehead atoms. The Hall–Kier alpha value is -3.95. The minimum absolute atomic E-state index is 0.151. The van der Waals surface area contributed by atoms with E-state index in [-0.39, 0.29) is 29.3 Å². The van der Waals surface area contributed by atoms with Crippen molar-refractivity contribution in [3.05, 3.63) is 69.3 Å². The molecule has 2 aromatic rings. The lowest BCUT2D eigenvalue weighted by atomic mass is 10.1. The molecule has 1 aliphatic heterocycles. The molecule has 0 aliphatic carbocycles. The summed E-state index contributed by atoms with van der Waals surface area (Å²) in [4.78, 5) is 51.6. The van der Waals surface area contributed by atoms with Gasteiger partial charge in [-0.1, -0.05) is 18.2 Å². The molecule has 0 spiro atoms.